The van der Waals surface area contributed by atoms with E-state index in [4.69, 9.17) is 0 Å². The minimum atomic E-state index is 0.631. The van der Waals surface area contributed by atoms with E-state index < -0.39 is 0 Å². The number of hydrogen-bond acceptors (Lipinski definition) is 2. The van der Waals surface area contributed by atoms with Crippen molar-refractivity contribution in [2.75, 3.05) is 12.3 Å². The molecule has 0 saturated heterocycles. The van der Waals surface area contributed by atoms with Gasteiger partial charge in [-0.1, -0.05) is 45.4 Å². The number of fused-ring (bicyclic) bond motifs is 1. The zero-order valence-electron chi connectivity index (χ0n) is 11.8. The molecule has 2 heteroatoms. The molecule has 0 aliphatic carbocycles. The van der Waals surface area contributed by atoms with Gasteiger partial charge in [0.25, 0.3) is 0 Å². The van der Waals surface area contributed by atoms with E-state index in [1.165, 1.54) is 23.5 Å². The van der Waals surface area contributed by atoms with E-state index in [-0.39, 0.29) is 0 Å². The number of thioether (sulfide) groups is 1. The molecule has 3 atom stereocenters. The molecule has 0 amide bonds. The first-order valence-corrected chi connectivity index (χ1v) is 8.21. The van der Waals surface area contributed by atoms with Gasteiger partial charge in [-0.05, 0) is 30.5 Å². The zero-order valence-corrected chi connectivity index (χ0v) is 12.6. The quantitative estimate of drug-likeness (QED) is 0.821. The molecular formula is C16H25NS. The number of hydrogen-bond donors (Lipinski definition) is 1. The van der Waals surface area contributed by atoms with Crippen LogP contribution in [0.1, 0.15) is 45.1 Å². The molecule has 1 aliphatic rings. The summed E-state index contributed by atoms with van der Waals surface area (Å²) >= 11 is 2.03. The van der Waals surface area contributed by atoms with E-state index in [1.54, 1.807) is 5.56 Å². The number of nitrogens with one attached hydrogen (secondary N) is 1. The Morgan fingerprint density at radius 1 is 1.33 bits per heavy atom. The maximum absolute atomic E-state index is 3.74. The predicted octanol–water partition coefficient (Wildman–Crippen LogP) is 4.29. The Bertz CT molecular complexity index is 377. The molecule has 0 aromatic heterocycles. The van der Waals surface area contributed by atoms with Gasteiger partial charge in [0.15, 0.2) is 0 Å². The van der Waals surface area contributed by atoms with Crippen molar-refractivity contribution in [1.82, 2.24) is 5.32 Å². The molecule has 100 valence electrons. The molecule has 3 unspecified atom stereocenters. The Kier molecular flexibility index (Phi) is 5.13. The molecule has 1 aromatic carbocycles. The smallest absolute Gasteiger partial charge is 0.0170 e. The fourth-order valence-electron chi connectivity index (χ4n) is 3.10. The second-order valence-electron chi connectivity index (χ2n) is 5.30. The molecule has 18 heavy (non-hydrogen) atoms. The maximum Gasteiger partial charge on any atom is 0.0170 e. The Morgan fingerprint density at radius 3 is 2.83 bits per heavy atom. The average molecular weight is 263 g/mol. The lowest BCUT2D eigenvalue weighted by atomic mass is 9.83. The Balaban J connectivity index is 2.17. The van der Waals surface area contributed by atoms with Crippen LogP contribution in [0.4, 0.5) is 0 Å². The fraction of sp³-hybridized carbons (Fsp3) is 0.625. The molecule has 1 nitrogen and oxygen atoms in total. The molecular weight excluding hydrogens is 238 g/mol. The van der Waals surface area contributed by atoms with Crippen molar-refractivity contribution in [2.24, 2.45) is 5.92 Å². The average Bonchev–Trinajstić information content (AvgIpc) is 2.80. The second kappa shape index (κ2) is 6.63. The van der Waals surface area contributed by atoms with Crippen molar-refractivity contribution in [3.8, 4) is 0 Å². The van der Waals surface area contributed by atoms with Gasteiger partial charge in [-0.2, -0.15) is 0 Å². The largest absolute Gasteiger partial charge is 0.313 e. The van der Waals surface area contributed by atoms with Gasteiger partial charge < -0.3 is 5.32 Å². The summed E-state index contributed by atoms with van der Waals surface area (Å²) in [7, 11) is 0. The van der Waals surface area contributed by atoms with Gasteiger partial charge in [0.2, 0.25) is 0 Å². The molecule has 1 aliphatic heterocycles. The lowest BCUT2D eigenvalue weighted by Gasteiger charge is -2.30. The third-order valence-corrected chi connectivity index (χ3v) is 5.18. The van der Waals surface area contributed by atoms with Crippen LogP contribution in [0, 0.1) is 5.92 Å². The van der Waals surface area contributed by atoms with Crippen molar-refractivity contribution in [1.29, 1.82) is 0 Å². The predicted molar refractivity (Wildman–Crippen MR) is 81.4 cm³/mol. The van der Waals surface area contributed by atoms with Crippen molar-refractivity contribution in [3.05, 3.63) is 29.8 Å². The highest BCUT2D eigenvalue weighted by Gasteiger charge is 2.32. The Morgan fingerprint density at radius 2 is 2.11 bits per heavy atom. The van der Waals surface area contributed by atoms with Crippen LogP contribution in [-0.2, 0) is 0 Å². The van der Waals surface area contributed by atoms with Gasteiger partial charge in [0, 0.05) is 22.6 Å². The van der Waals surface area contributed by atoms with Gasteiger partial charge in [-0.15, -0.1) is 11.8 Å². The van der Waals surface area contributed by atoms with Crippen LogP contribution < -0.4 is 5.32 Å². The van der Waals surface area contributed by atoms with E-state index in [0.717, 1.165) is 12.5 Å². The first-order chi connectivity index (χ1) is 8.77. The monoisotopic (exact) mass is 263 g/mol. The van der Waals surface area contributed by atoms with Crippen LogP contribution in [0.2, 0.25) is 0 Å². The molecule has 1 aromatic rings. The molecule has 0 spiro atoms. The summed E-state index contributed by atoms with van der Waals surface area (Å²) in [5.74, 6) is 2.69. The van der Waals surface area contributed by atoms with Gasteiger partial charge in [-0.25, -0.2) is 0 Å². The highest BCUT2D eigenvalue weighted by Crippen LogP contribution is 2.42. The summed E-state index contributed by atoms with van der Waals surface area (Å²) < 4.78 is 0. The van der Waals surface area contributed by atoms with Crippen LogP contribution in [0.3, 0.4) is 0 Å². The van der Waals surface area contributed by atoms with Crippen LogP contribution in [-0.4, -0.2) is 18.3 Å². The van der Waals surface area contributed by atoms with Gasteiger partial charge in [0.1, 0.15) is 0 Å². The van der Waals surface area contributed by atoms with Crippen molar-refractivity contribution < 1.29 is 0 Å². The molecule has 0 saturated carbocycles. The minimum Gasteiger partial charge on any atom is -0.313 e. The summed E-state index contributed by atoms with van der Waals surface area (Å²) in [4.78, 5) is 1.49. The SMILES string of the molecule is CCCC(C)C(NCC)C1CSc2ccccc21. The van der Waals surface area contributed by atoms with Crippen molar-refractivity contribution in [3.63, 3.8) is 0 Å². The summed E-state index contributed by atoms with van der Waals surface area (Å²) in [6.07, 6.45) is 2.60. The van der Waals surface area contributed by atoms with E-state index in [9.17, 15) is 0 Å². The first-order valence-electron chi connectivity index (χ1n) is 7.23. The second-order valence-corrected chi connectivity index (χ2v) is 6.37. The summed E-state index contributed by atoms with van der Waals surface area (Å²) in [6.45, 7) is 7.99. The molecule has 2 rings (SSSR count). The summed E-state index contributed by atoms with van der Waals surface area (Å²) in [6, 6.07) is 9.57. The highest BCUT2D eigenvalue weighted by atomic mass is 32.2. The first kappa shape index (κ1) is 14.0. The molecule has 0 fully saturated rings. The topological polar surface area (TPSA) is 12.0 Å². The summed E-state index contributed by atoms with van der Waals surface area (Å²) in [5, 5.41) is 3.74. The van der Waals surface area contributed by atoms with Crippen LogP contribution in [0.15, 0.2) is 29.2 Å². The third kappa shape index (κ3) is 2.92. The molecule has 1 N–H and O–H groups in total. The normalized spacial score (nSPS) is 21.6. The Labute approximate surface area is 116 Å². The van der Waals surface area contributed by atoms with Crippen LogP contribution in [0.5, 0.6) is 0 Å². The molecule has 1 heterocycles. The van der Waals surface area contributed by atoms with Crippen LogP contribution in [0.25, 0.3) is 0 Å². The van der Waals surface area contributed by atoms with Crippen molar-refractivity contribution in [2.45, 2.75) is 50.5 Å². The maximum atomic E-state index is 3.74. The number of likely N-dealkylation sites (N-methyl/N-ethyl adjacent to an activating group) is 1. The van der Waals surface area contributed by atoms with Crippen molar-refractivity contribution >= 4 is 11.8 Å². The Hall–Kier alpha value is -0.470. The van der Waals surface area contributed by atoms with Gasteiger partial charge in [0.05, 0.1) is 0 Å². The lowest BCUT2D eigenvalue weighted by Crippen LogP contribution is -2.40. The van der Waals surface area contributed by atoms with Gasteiger partial charge in [-0.3, -0.25) is 0 Å². The standard InChI is InChI=1S/C16H25NS/c1-4-8-12(3)16(17-5-2)14-11-18-15-10-7-6-9-13(14)15/h6-7,9-10,12,14,16-17H,4-5,8,11H2,1-3H3. The fourth-order valence-corrected chi connectivity index (χ4v) is 4.40. The zero-order chi connectivity index (χ0) is 13.0. The number of rotatable bonds is 6. The van der Waals surface area contributed by atoms with E-state index in [0.29, 0.717) is 12.0 Å². The molecule has 0 radical (unpaired) electrons. The van der Waals surface area contributed by atoms with E-state index in [2.05, 4.69) is 50.4 Å². The summed E-state index contributed by atoms with van der Waals surface area (Å²) in [5.41, 5.74) is 1.57. The van der Waals surface area contributed by atoms with Gasteiger partial charge >= 0.3 is 0 Å². The molecule has 0 bridgehead atoms. The van der Waals surface area contributed by atoms with E-state index >= 15 is 0 Å². The highest BCUT2D eigenvalue weighted by molar-refractivity contribution is 7.99. The van der Waals surface area contributed by atoms with E-state index in [1.807, 2.05) is 11.8 Å². The third-order valence-electron chi connectivity index (χ3n) is 3.97. The number of benzene rings is 1. The lowest BCUT2D eigenvalue weighted by molar-refractivity contribution is 0.325. The minimum absolute atomic E-state index is 0.631. The van der Waals surface area contributed by atoms with Crippen LogP contribution >= 0.6 is 11.8 Å².